The molecule has 2 N–H and O–H groups in total. The van der Waals surface area contributed by atoms with Gasteiger partial charge < -0.3 is 15.3 Å². The van der Waals surface area contributed by atoms with E-state index in [1.165, 1.54) is 11.0 Å². The first-order valence-corrected chi connectivity index (χ1v) is 7.11. The summed E-state index contributed by atoms with van der Waals surface area (Å²) in [5.41, 5.74) is 0.182. The van der Waals surface area contributed by atoms with Crippen molar-refractivity contribution >= 4 is 12.0 Å². The van der Waals surface area contributed by atoms with Crippen molar-refractivity contribution in [1.29, 1.82) is 0 Å². The normalized spacial score (nSPS) is 19.6. The van der Waals surface area contributed by atoms with Gasteiger partial charge in [0.05, 0.1) is 12.0 Å². The molecule has 7 heteroatoms. The third kappa shape index (κ3) is 3.72. The Morgan fingerprint density at radius 2 is 2.14 bits per heavy atom. The van der Waals surface area contributed by atoms with Crippen LogP contribution in [0.2, 0.25) is 0 Å². The topological polar surface area (TPSA) is 69.6 Å². The molecule has 1 saturated heterocycles. The number of rotatable bonds is 3. The van der Waals surface area contributed by atoms with E-state index in [0.29, 0.717) is 19.4 Å². The zero-order chi connectivity index (χ0) is 16.3. The second-order valence-corrected chi connectivity index (χ2v) is 5.46. The Kier molecular flexibility index (Phi) is 4.95. The zero-order valence-electron chi connectivity index (χ0n) is 12.2. The fraction of sp³-hybridized carbons (Fsp3) is 0.467. The quantitative estimate of drug-likeness (QED) is 0.901. The van der Waals surface area contributed by atoms with Gasteiger partial charge in [0.15, 0.2) is 0 Å². The predicted molar refractivity (Wildman–Crippen MR) is 75.2 cm³/mol. The van der Waals surface area contributed by atoms with E-state index in [0.717, 1.165) is 12.1 Å². The van der Waals surface area contributed by atoms with Gasteiger partial charge in [0, 0.05) is 24.7 Å². The summed E-state index contributed by atoms with van der Waals surface area (Å²) < 4.78 is 26.6. The smallest absolute Gasteiger partial charge is 0.317 e. The van der Waals surface area contributed by atoms with E-state index in [4.69, 9.17) is 5.11 Å². The van der Waals surface area contributed by atoms with Crippen LogP contribution in [0.15, 0.2) is 18.2 Å². The SMILES string of the molecule is CC(NC(=O)N1CCCC(C(=O)O)C1)c1ccc(F)cc1F. The summed E-state index contributed by atoms with van der Waals surface area (Å²) in [7, 11) is 0. The molecule has 1 aromatic rings. The van der Waals surface area contributed by atoms with Crippen LogP contribution in [0, 0.1) is 17.6 Å². The van der Waals surface area contributed by atoms with Gasteiger partial charge in [-0.3, -0.25) is 4.79 Å². The molecular formula is C15H18F2N2O3. The van der Waals surface area contributed by atoms with Crippen LogP contribution in [0.1, 0.15) is 31.4 Å². The molecule has 1 heterocycles. The fourth-order valence-corrected chi connectivity index (χ4v) is 2.57. The number of nitrogens with zero attached hydrogens (tertiary/aromatic N) is 1. The molecule has 2 rings (SSSR count). The monoisotopic (exact) mass is 312 g/mol. The van der Waals surface area contributed by atoms with Crippen molar-refractivity contribution in [2.24, 2.45) is 5.92 Å². The van der Waals surface area contributed by atoms with Crippen LogP contribution in [0.5, 0.6) is 0 Å². The van der Waals surface area contributed by atoms with Crippen molar-refractivity contribution in [3.8, 4) is 0 Å². The van der Waals surface area contributed by atoms with E-state index in [9.17, 15) is 18.4 Å². The van der Waals surface area contributed by atoms with E-state index in [1.54, 1.807) is 6.92 Å². The molecule has 0 spiro atoms. The summed E-state index contributed by atoms with van der Waals surface area (Å²) in [5.74, 6) is -2.90. The summed E-state index contributed by atoms with van der Waals surface area (Å²) in [4.78, 5) is 24.6. The van der Waals surface area contributed by atoms with Gasteiger partial charge in [-0.15, -0.1) is 0 Å². The number of hydrogen-bond acceptors (Lipinski definition) is 2. The van der Waals surface area contributed by atoms with Crippen LogP contribution < -0.4 is 5.32 Å². The van der Waals surface area contributed by atoms with Crippen molar-refractivity contribution in [3.63, 3.8) is 0 Å². The van der Waals surface area contributed by atoms with Gasteiger partial charge in [0.25, 0.3) is 0 Å². The molecule has 1 fully saturated rings. The van der Waals surface area contributed by atoms with Gasteiger partial charge in [-0.1, -0.05) is 6.07 Å². The van der Waals surface area contributed by atoms with Crippen molar-refractivity contribution in [3.05, 3.63) is 35.4 Å². The van der Waals surface area contributed by atoms with Crippen LogP contribution in [0.3, 0.4) is 0 Å². The van der Waals surface area contributed by atoms with Gasteiger partial charge in [-0.2, -0.15) is 0 Å². The fourth-order valence-electron chi connectivity index (χ4n) is 2.57. The number of amides is 2. The lowest BCUT2D eigenvalue weighted by Gasteiger charge is -2.31. The third-order valence-corrected chi connectivity index (χ3v) is 3.83. The van der Waals surface area contributed by atoms with E-state index in [-0.39, 0.29) is 12.1 Å². The summed E-state index contributed by atoms with van der Waals surface area (Å²) in [6.45, 7) is 2.20. The molecular weight excluding hydrogens is 294 g/mol. The van der Waals surface area contributed by atoms with Crippen LogP contribution in [-0.4, -0.2) is 35.1 Å². The van der Waals surface area contributed by atoms with Crippen molar-refractivity contribution in [1.82, 2.24) is 10.2 Å². The highest BCUT2D eigenvalue weighted by atomic mass is 19.1. The molecule has 120 valence electrons. The lowest BCUT2D eigenvalue weighted by atomic mass is 9.98. The highest BCUT2D eigenvalue weighted by molar-refractivity contribution is 5.77. The Bertz CT molecular complexity index is 580. The predicted octanol–water partition coefficient (Wildman–Crippen LogP) is 2.53. The first-order valence-electron chi connectivity index (χ1n) is 7.11. The van der Waals surface area contributed by atoms with Crippen LogP contribution in [-0.2, 0) is 4.79 Å². The third-order valence-electron chi connectivity index (χ3n) is 3.83. The lowest BCUT2D eigenvalue weighted by molar-refractivity contribution is -0.143. The number of hydrogen-bond donors (Lipinski definition) is 2. The number of carbonyl (C=O) groups is 2. The Labute approximate surface area is 126 Å². The summed E-state index contributed by atoms with van der Waals surface area (Å²) in [6.07, 6.45) is 1.16. The van der Waals surface area contributed by atoms with Gasteiger partial charge in [0.2, 0.25) is 0 Å². The maximum absolute atomic E-state index is 13.7. The molecule has 2 amide bonds. The maximum Gasteiger partial charge on any atom is 0.317 e. The Morgan fingerprint density at radius 3 is 2.77 bits per heavy atom. The first-order chi connectivity index (χ1) is 10.4. The van der Waals surface area contributed by atoms with E-state index >= 15 is 0 Å². The number of nitrogens with one attached hydrogen (secondary N) is 1. The average molecular weight is 312 g/mol. The number of piperidine rings is 1. The lowest BCUT2D eigenvalue weighted by Crippen LogP contribution is -2.47. The molecule has 0 saturated carbocycles. The Hall–Kier alpha value is -2.18. The number of urea groups is 1. The molecule has 1 aromatic carbocycles. The van der Waals surface area contributed by atoms with Gasteiger partial charge in [-0.05, 0) is 25.8 Å². The van der Waals surface area contributed by atoms with Gasteiger partial charge >= 0.3 is 12.0 Å². The number of carboxylic acids is 1. The molecule has 2 atom stereocenters. The molecule has 0 aliphatic carbocycles. The van der Waals surface area contributed by atoms with Crippen LogP contribution in [0.4, 0.5) is 13.6 Å². The standard InChI is InChI=1S/C15H18F2N2O3/c1-9(12-5-4-11(16)7-13(12)17)18-15(22)19-6-2-3-10(8-19)14(20)21/h4-5,7,9-10H,2-3,6,8H2,1H3,(H,18,22)(H,20,21). The second-order valence-electron chi connectivity index (χ2n) is 5.46. The number of aliphatic carboxylic acids is 1. The van der Waals surface area contributed by atoms with E-state index < -0.39 is 35.6 Å². The largest absolute Gasteiger partial charge is 0.481 e. The van der Waals surface area contributed by atoms with Crippen molar-refractivity contribution < 1.29 is 23.5 Å². The van der Waals surface area contributed by atoms with Gasteiger partial charge in [-0.25, -0.2) is 13.6 Å². The molecule has 0 aromatic heterocycles. The molecule has 1 aliphatic rings. The molecule has 0 radical (unpaired) electrons. The molecule has 22 heavy (non-hydrogen) atoms. The van der Waals surface area contributed by atoms with Gasteiger partial charge in [0.1, 0.15) is 11.6 Å². The van der Waals surface area contributed by atoms with E-state index in [2.05, 4.69) is 5.32 Å². The molecule has 0 bridgehead atoms. The highest BCUT2D eigenvalue weighted by Crippen LogP contribution is 2.20. The summed E-state index contributed by atoms with van der Waals surface area (Å²) in [6, 6.07) is 2.09. The molecule has 1 aliphatic heterocycles. The second kappa shape index (κ2) is 6.72. The number of carbonyl (C=O) groups excluding carboxylic acids is 1. The first kappa shape index (κ1) is 16.2. The van der Waals surface area contributed by atoms with Crippen molar-refractivity contribution in [2.45, 2.75) is 25.8 Å². The average Bonchev–Trinajstić information content (AvgIpc) is 2.47. The number of benzene rings is 1. The van der Waals surface area contributed by atoms with Crippen LogP contribution >= 0.6 is 0 Å². The minimum absolute atomic E-state index is 0.139. The number of halogens is 2. The molecule has 2 unspecified atom stereocenters. The highest BCUT2D eigenvalue weighted by Gasteiger charge is 2.28. The Balaban J connectivity index is 2.00. The minimum atomic E-state index is -0.921. The van der Waals surface area contributed by atoms with Crippen LogP contribution in [0.25, 0.3) is 0 Å². The summed E-state index contributed by atoms with van der Waals surface area (Å²) >= 11 is 0. The summed E-state index contributed by atoms with van der Waals surface area (Å²) in [5, 5.41) is 11.6. The minimum Gasteiger partial charge on any atom is -0.481 e. The molecule has 5 nitrogen and oxygen atoms in total. The maximum atomic E-state index is 13.7. The number of likely N-dealkylation sites (tertiary alicyclic amines) is 1. The number of carboxylic acid groups (broad SMARTS) is 1. The van der Waals surface area contributed by atoms with Crippen molar-refractivity contribution in [2.75, 3.05) is 13.1 Å². The van der Waals surface area contributed by atoms with E-state index in [1.807, 2.05) is 0 Å². The zero-order valence-corrected chi connectivity index (χ0v) is 12.2. The Morgan fingerprint density at radius 1 is 1.41 bits per heavy atom.